The second-order valence-electron chi connectivity index (χ2n) is 7.33. The lowest BCUT2D eigenvalue weighted by molar-refractivity contribution is -0.884. The molecule has 2 aromatic rings. The van der Waals surface area contributed by atoms with Gasteiger partial charge in [0.25, 0.3) is 5.91 Å². The number of hydrogen-bond donors (Lipinski definition) is 2. The molecular weight excluding hydrogens is 378 g/mol. The van der Waals surface area contributed by atoms with E-state index >= 15 is 0 Å². The summed E-state index contributed by atoms with van der Waals surface area (Å²) in [5, 5.41) is 0.313. The number of imide groups is 1. The van der Waals surface area contributed by atoms with Crippen molar-refractivity contribution in [1.82, 2.24) is 0 Å². The third-order valence-corrected chi connectivity index (χ3v) is 6.34. The molecule has 28 heavy (non-hydrogen) atoms. The smallest absolute Gasteiger partial charge is 0.277 e. The third-order valence-electron chi connectivity index (χ3n) is 6.02. The highest BCUT2D eigenvalue weighted by Gasteiger charge is 2.68. The van der Waals surface area contributed by atoms with Crippen LogP contribution in [-0.4, -0.2) is 23.8 Å². The lowest BCUT2D eigenvalue weighted by Crippen LogP contribution is -3.12. The van der Waals surface area contributed by atoms with E-state index < -0.39 is 29.7 Å². The van der Waals surface area contributed by atoms with Crippen molar-refractivity contribution in [1.29, 1.82) is 0 Å². The van der Waals surface area contributed by atoms with E-state index in [2.05, 4.69) is 0 Å². The highest BCUT2D eigenvalue weighted by molar-refractivity contribution is 6.36. The van der Waals surface area contributed by atoms with Gasteiger partial charge in [-0.3, -0.25) is 19.3 Å². The molecule has 5 atom stereocenters. The predicted octanol–water partition coefficient (Wildman–Crippen LogP) is 0.924. The first-order valence-electron chi connectivity index (χ1n) is 9.06. The van der Waals surface area contributed by atoms with Crippen LogP contribution in [0.2, 0.25) is 5.02 Å². The van der Waals surface area contributed by atoms with Crippen LogP contribution in [0, 0.1) is 11.8 Å². The fraction of sp³-hybridized carbons (Fsp3) is 0.190. The van der Waals surface area contributed by atoms with Gasteiger partial charge in [0, 0.05) is 5.56 Å². The highest BCUT2D eigenvalue weighted by atomic mass is 35.5. The highest BCUT2D eigenvalue weighted by Crippen LogP contribution is 2.45. The average molecular weight is 395 g/mol. The number of carbonyl (C=O) groups excluding carboxylic acids is 3. The molecule has 3 amide bonds. The molecule has 0 bridgehead atoms. The lowest BCUT2D eigenvalue weighted by Gasteiger charge is -2.30. The monoisotopic (exact) mass is 394 g/mol. The number of rotatable bonds is 2. The Morgan fingerprint density at radius 1 is 1.00 bits per heavy atom. The number of nitrogens with zero attached hydrogens (tertiary/aromatic N) is 1. The maximum atomic E-state index is 13.4. The van der Waals surface area contributed by atoms with E-state index in [4.69, 9.17) is 17.3 Å². The van der Waals surface area contributed by atoms with Crippen molar-refractivity contribution >= 4 is 41.1 Å². The largest absolute Gasteiger partial charge is 0.364 e. The van der Waals surface area contributed by atoms with Crippen LogP contribution in [0.15, 0.2) is 54.7 Å². The van der Waals surface area contributed by atoms with E-state index in [0.29, 0.717) is 10.7 Å². The van der Waals surface area contributed by atoms with E-state index in [1.54, 1.807) is 24.3 Å². The second kappa shape index (κ2) is 6.02. The number of para-hydroxylation sites is 1. The van der Waals surface area contributed by atoms with Crippen molar-refractivity contribution < 1.29 is 19.3 Å². The summed E-state index contributed by atoms with van der Waals surface area (Å²) in [5.41, 5.74) is 7.97. The summed E-state index contributed by atoms with van der Waals surface area (Å²) in [4.78, 5) is 41.0. The fourth-order valence-corrected chi connectivity index (χ4v) is 5.17. The van der Waals surface area contributed by atoms with E-state index in [1.807, 2.05) is 36.5 Å². The van der Waals surface area contributed by atoms with Gasteiger partial charge in [0.05, 0.1) is 16.9 Å². The standard InChI is InChI=1S/C21H16ClN3O3/c22-13-7-3-4-8-14(13)25-20(27)15-16(21(25)28)18(19(23)26)24-10-9-11-5-1-2-6-12(11)17(15)24/h1-10,15-18H,(H2,23,26)/p+1/t15-,16+,17+,18-/m0/s1. The summed E-state index contributed by atoms with van der Waals surface area (Å²) >= 11 is 6.25. The van der Waals surface area contributed by atoms with Gasteiger partial charge in [-0.15, -0.1) is 0 Å². The number of nitrogens with one attached hydrogen (secondary N) is 1. The van der Waals surface area contributed by atoms with E-state index in [-0.39, 0.29) is 11.9 Å². The van der Waals surface area contributed by atoms with Crippen LogP contribution in [-0.2, 0) is 14.4 Å². The molecule has 0 aliphatic carbocycles. The molecule has 2 aromatic carbocycles. The lowest BCUT2D eigenvalue weighted by atomic mass is 9.84. The van der Waals surface area contributed by atoms with E-state index in [9.17, 15) is 14.4 Å². The van der Waals surface area contributed by atoms with Gasteiger partial charge in [-0.1, -0.05) is 48.0 Å². The minimum absolute atomic E-state index is 0.313. The normalized spacial score (nSPS) is 30.2. The number of hydrogen-bond acceptors (Lipinski definition) is 3. The van der Waals surface area contributed by atoms with Crippen molar-refractivity contribution in [2.75, 3.05) is 4.90 Å². The summed E-state index contributed by atoms with van der Waals surface area (Å²) < 4.78 is 0. The molecule has 1 unspecified atom stereocenters. The van der Waals surface area contributed by atoms with Gasteiger partial charge >= 0.3 is 0 Å². The molecule has 0 radical (unpaired) electrons. The Bertz CT molecular complexity index is 1070. The van der Waals surface area contributed by atoms with Crippen molar-refractivity contribution in [2.24, 2.45) is 17.6 Å². The fourth-order valence-electron chi connectivity index (χ4n) is 4.95. The van der Waals surface area contributed by atoms with E-state index in [0.717, 1.165) is 20.9 Å². The topological polar surface area (TPSA) is 84.9 Å². The number of halogens is 1. The summed E-state index contributed by atoms with van der Waals surface area (Å²) in [7, 11) is 0. The van der Waals surface area contributed by atoms with Crippen LogP contribution in [0.3, 0.4) is 0 Å². The molecule has 140 valence electrons. The van der Waals surface area contributed by atoms with Gasteiger partial charge in [0.2, 0.25) is 11.8 Å². The Kier molecular flexibility index (Phi) is 3.69. The van der Waals surface area contributed by atoms with Crippen LogP contribution >= 0.6 is 11.6 Å². The minimum Gasteiger partial charge on any atom is -0.364 e. The Morgan fingerprint density at radius 2 is 1.68 bits per heavy atom. The molecule has 3 N–H and O–H groups in total. The number of anilines is 1. The Labute approximate surface area is 166 Å². The molecule has 3 aliphatic rings. The van der Waals surface area contributed by atoms with Crippen LogP contribution in [0.4, 0.5) is 5.69 Å². The summed E-state index contributed by atoms with van der Waals surface area (Å²) in [6.45, 7) is 0. The molecule has 0 aromatic heterocycles. The molecular formula is C21H17ClN3O3+. The Balaban J connectivity index is 1.67. The molecule has 2 fully saturated rings. The Hall–Kier alpha value is -2.96. The van der Waals surface area contributed by atoms with E-state index in [1.165, 1.54) is 0 Å². The first-order chi connectivity index (χ1) is 13.5. The van der Waals surface area contributed by atoms with Crippen molar-refractivity contribution in [3.63, 3.8) is 0 Å². The summed E-state index contributed by atoms with van der Waals surface area (Å²) in [5.74, 6) is -2.81. The SMILES string of the molecule is NC(=O)[C@@H]1[C@@H]2C(=O)N(c3ccccc3Cl)C(=O)[C@@H]2[C@H]2c3ccccc3C=C[NH+]12. The molecule has 6 nitrogen and oxygen atoms in total. The zero-order chi connectivity index (χ0) is 19.6. The third kappa shape index (κ3) is 2.16. The number of fused-ring (bicyclic) bond motifs is 5. The van der Waals surface area contributed by atoms with Gasteiger partial charge in [0.15, 0.2) is 6.04 Å². The van der Waals surface area contributed by atoms with Gasteiger partial charge < -0.3 is 5.73 Å². The van der Waals surface area contributed by atoms with Gasteiger partial charge in [-0.25, -0.2) is 4.90 Å². The molecule has 2 saturated heterocycles. The molecule has 0 spiro atoms. The maximum Gasteiger partial charge on any atom is 0.277 e. The summed E-state index contributed by atoms with van der Waals surface area (Å²) in [6.07, 6.45) is 3.76. The zero-order valence-electron chi connectivity index (χ0n) is 14.7. The maximum absolute atomic E-state index is 13.4. The second-order valence-corrected chi connectivity index (χ2v) is 7.74. The molecule has 5 rings (SSSR count). The van der Waals surface area contributed by atoms with Gasteiger partial charge in [-0.05, 0) is 23.8 Å². The number of amides is 3. The van der Waals surface area contributed by atoms with Crippen LogP contribution in [0.25, 0.3) is 6.08 Å². The number of quaternary nitrogens is 1. The predicted molar refractivity (Wildman–Crippen MR) is 103 cm³/mol. The summed E-state index contributed by atoms with van der Waals surface area (Å²) in [6, 6.07) is 13.3. The van der Waals surface area contributed by atoms with Crippen molar-refractivity contribution in [3.05, 3.63) is 70.9 Å². The molecule has 3 aliphatic heterocycles. The van der Waals surface area contributed by atoms with Crippen molar-refractivity contribution in [2.45, 2.75) is 12.1 Å². The molecule has 7 heteroatoms. The number of benzene rings is 2. The Morgan fingerprint density at radius 3 is 2.43 bits per heavy atom. The van der Waals surface area contributed by atoms with Crippen LogP contribution in [0.1, 0.15) is 17.2 Å². The van der Waals surface area contributed by atoms with Crippen molar-refractivity contribution in [3.8, 4) is 0 Å². The molecule has 3 heterocycles. The number of carbonyl (C=O) groups is 3. The quantitative estimate of drug-likeness (QED) is 0.743. The number of primary amides is 1. The van der Waals surface area contributed by atoms with Crippen LogP contribution < -0.4 is 15.5 Å². The van der Waals surface area contributed by atoms with Gasteiger partial charge in [-0.2, -0.15) is 0 Å². The van der Waals surface area contributed by atoms with Crippen LogP contribution in [0.5, 0.6) is 0 Å². The molecule has 0 saturated carbocycles. The zero-order valence-corrected chi connectivity index (χ0v) is 15.5. The first kappa shape index (κ1) is 17.2. The van der Waals surface area contributed by atoms with Gasteiger partial charge in [0.1, 0.15) is 17.9 Å². The average Bonchev–Trinajstić information content (AvgIpc) is 3.16. The minimum atomic E-state index is -0.808. The first-order valence-corrected chi connectivity index (χ1v) is 9.44. The number of nitrogens with two attached hydrogens (primary N) is 1.